The molecule has 5 heteroatoms. The van der Waals surface area contributed by atoms with Crippen LogP contribution in [0.3, 0.4) is 0 Å². The Bertz CT molecular complexity index is 705. The van der Waals surface area contributed by atoms with Crippen molar-refractivity contribution in [1.82, 2.24) is 0 Å². The van der Waals surface area contributed by atoms with Gasteiger partial charge in [0, 0.05) is 31.4 Å². The molecule has 0 saturated carbocycles. The molecule has 116 valence electrons. The van der Waals surface area contributed by atoms with Crippen molar-refractivity contribution >= 4 is 5.97 Å². The van der Waals surface area contributed by atoms with Crippen LogP contribution in [0.2, 0.25) is 0 Å². The summed E-state index contributed by atoms with van der Waals surface area (Å²) in [5.41, 5.74) is 1.02. The van der Waals surface area contributed by atoms with Gasteiger partial charge in [-0.25, -0.2) is 4.79 Å². The van der Waals surface area contributed by atoms with Crippen molar-refractivity contribution in [2.45, 2.75) is 50.8 Å². The summed E-state index contributed by atoms with van der Waals surface area (Å²) in [4.78, 5) is 11.8. The minimum Gasteiger partial charge on any atom is -0.463 e. The first kappa shape index (κ1) is 13.8. The molecule has 1 aromatic rings. The maximum absolute atomic E-state index is 11.8. The summed E-state index contributed by atoms with van der Waals surface area (Å²) in [7, 11) is 0. The van der Waals surface area contributed by atoms with Gasteiger partial charge < -0.3 is 19.3 Å². The third-order valence-electron chi connectivity index (χ3n) is 4.53. The van der Waals surface area contributed by atoms with Gasteiger partial charge in [0.15, 0.2) is 5.60 Å². The molecule has 1 aromatic carbocycles. The molecule has 22 heavy (non-hydrogen) atoms. The molecule has 5 nitrogen and oxygen atoms in total. The molecular formula is C17H18O5. The van der Waals surface area contributed by atoms with Crippen molar-refractivity contribution in [2.75, 3.05) is 0 Å². The molecule has 4 rings (SSSR count). The maximum Gasteiger partial charge on any atom is 0.334 e. The number of ether oxygens (including phenoxy) is 3. The number of carbonyl (C=O) groups excluding carboxylic acids is 1. The number of aliphatic hydroxyl groups excluding tert-OH is 1. The molecule has 3 atom stereocenters. The monoisotopic (exact) mass is 302 g/mol. The zero-order valence-electron chi connectivity index (χ0n) is 12.8. The minimum absolute atomic E-state index is 0.284. The number of rotatable bonds is 0. The standard InChI is InChI=1S/C17H18O5/c1-9-7-17(22-15(9)19)8-12-13-10(14(17)18)5-4-6-11(13)20-16(2,3)21-12/h4-7,12,14,18H,8H2,1-3H3/t12-,14-,17+/m0/s1. The summed E-state index contributed by atoms with van der Waals surface area (Å²) in [5, 5.41) is 10.8. The van der Waals surface area contributed by atoms with Gasteiger partial charge in [0.05, 0.1) is 6.10 Å². The molecule has 2 heterocycles. The lowest BCUT2D eigenvalue weighted by atomic mass is 9.75. The van der Waals surface area contributed by atoms with Crippen LogP contribution >= 0.6 is 0 Å². The summed E-state index contributed by atoms with van der Waals surface area (Å²) >= 11 is 0. The van der Waals surface area contributed by atoms with Crippen LogP contribution in [0.15, 0.2) is 29.8 Å². The fraction of sp³-hybridized carbons (Fsp3) is 0.471. The molecule has 1 spiro atoms. The molecule has 1 N–H and O–H groups in total. The first-order chi connectivity index (χ1) is 10.3. The third kappa shape index (κ3) is 1.76. The third-order valence-corrected chi connectivity index (χ3v) is 4.53. The Hall–Kier alpha value is -1.85. The van der Waals surface area contributed by atoms with Crippen molar-refractivity contribution in [1.29, 1.82) is 0 Å². The highest BCUT2D eigenvalue weighted by Gasteiger charge is 2.54. The minimum atomic E-state index is -1.05. The van der Waals surface area contributed by atoms with Gasteiger partial charge in [-0.3, -0.25) is 0 Å². The van der Waals surface area contributed by atoms with Crippen LogP contribution < -0.4 is 4.74 Å². The summed E-state index contributed by atoms with van der Waals surface area (Å²) in [5.74, 6) is -0.427. The fourth-order valence-electron chi connectivity index (χ4n) is 3.68. The number of carbonyl (C=O) groups is 1. The highest BCUT2D eigenvalue weighted by atomic mass is 16.7. The van der Waals surface area contributed by atoms with Gasteiger partial charge in [-0.1, -0.05) is 12.1 Å². The van der Waals surface area contributed by atoms with E-state index in [2.05, 4.69) is 0 Å². The lowest BCUT2D eigenvalue weighted by Crippen LogP contribution is -2.47. The van der Waals surface area contributed by atoms with Gasteiger partial charge in [-0.15, -0.1) is 0 Å². The molecule has 0 aromatic heterocycles. The molecule has 2 aliphatic heterocycles. The van der Waals surface area contributed by atoms with Crippen LogP contribution in [0.5, 0.6) is 5.75 Å². The number of esters is 1. The van der Waals surface area contributed by atoms with E-state index in [-0.39, 0.29) is 12.1 Å². The summed E-state index contributed by atoms with van der Waals surface area (Å²) < 4.78 is 17.4. The van der Waals surface area contributed by atoms with Gasteiger partial charge in [-0.05, 0) is 24.6 Å². The number of hydrogen-bond donors (Lipinski definition) is 1. The first-order valence-corrected chi connectivity index (χ1v) is 7.42. The molecule has 3 aliphatic rings. The van der Waals surface area contributed by atoms with Gasteiger partial charge >= 0.3 is 5.97 Å². The largest absolute Gasteiger partial charge is 0.463 e. The fourth-order valence-corrected chi connectivity index (χ4v) is 3.68. The smallest absolute Gasteiger partial charge is 0.334 e. The lowest BCUT2D eigenvalue weighted by Gasteiger charge is -2.46. The Kier molecular flexibility index (Phi) is 2.58. The lowest BCUT2D eigenvalue weighted by molar-refractivity contribution is -0.229. The van der Waals surface area contributed by atoms with Crippen LogP contribution in [-0.2, 0) is 14.3 Å². The summed E-state index contributed by atoms with van der Waals surface area (Å²) in [6, 6.07) is 5.54. The van der Waals surface area contributed by atoms with Gasteiger partial charge in [0.2, 0.25) is 5.79 Å². The van der Waals surface area contributed by atoms with Crippen molar-refractivity contribution in [2.24, 2.45) is 0 Å². The Morgan fingerprint density at radius 1 is 1.27 bits per heavy atom. The Morgan fingerprint density at radius 2 is 2.05 bits per heavy atom. The van der Waals surface area contributed by atoms with E-state index in [9.17, 15) is 9.90 Å². The van der Waals surface area contributed by atoms with E-state index < -0.39 is 17.5 Å². The quantitative estimate of drug-likeness (QED) is 0.746. The topological polar surface area (TPSA) is 65.0 Å². The molecule has 0 radical (unpaired) electrons. The van der Waals surface area contributed by atoms with Crippen molar-refractivity contribution in [3.63, 3.8) is 0 Å². The molecule has 0 bridgehead atoms. The van der Waals surface area contributed by atoms with E-state index in [1.54, 1.807) is 13.0 Å². The maximum atomic E-state index is 11.8. The predicted molar refractivity (Wildman–Crippen MR) is 77.1 cm³/mol. The second kappa shape index (κ2) is 4.12. The number of aliphatic hydroxyl groups is 1. The van der Waals surface area contributed by atoms with Crippen LogP contribution in [0.25, 0.3) is 0 Å². The zero-order chi connectivity index (χ0) is 15.7. The molecule has 0 fully saturated rings. The van der Waals surface area contributed by atoms with Crippen LogP contribution in [0.1, 0.15) is 50.5 Å². The number of benzene rings is 1. The summed E-state index contributed by atoms with van der Waals surface area (Å²) in [6.07, 6.45) is 0.900. The Labute approximate surface area is 128 Å². The molecule has 0 amide bonds. The van der Waals surface area contributed by atoms with Crippen molar-refractivity contribution in [3.05, 3.63) is 41.0 Å². The first-order valence-electron chi connectivity index (χ1n) is 7.42. The SMILES string of the molecule is CC1=C[C@]2(C[C@@H]3OC(C)(C)Oc4cccc(c43)[C@@H]2O)OC1=O. The van der Waals surface area contributed by atoms with E-state index in [0.29, 0.717) is 17.6 Å². The van der Waals surface area contributed by atoms with Gasteiger partial charge in [-0.2, -0.15) is 0 Å². The van der Waals surface area contributed by atoms with Crippen LogP contribution in [0, 0.1) is 0 Å². The molecule has 0 unspecified atom stereocenters. The van der Waals surface area contributed by atoms with E-state index in [0.717, 1.165) is 11.3 Å². The zero-order valence-corrected chi connectivity index (χ0v) is 12.8. The average molecular weight is 302 g/mol. The van der Waals surface area contributed by atoms with E-state index in [4.69, 9.17) is 14.2 Å². The van der Waals surface area contributed by atoms with E-state index >= 15 is 0 Å². The van der Waals surface area contributed by atoms with E-state index in [1.165, 1.54) is 0 Å². The predicted octanol–water partition coefficient (Wildman–Crippen LogP) is 2.55. The van der Waals surface area contributed by atoms with Crippen LogP contribution in [0.4, 0.5) is 0 Å². The van der Waals surface area contributed by atoms with E-state index in [1.807, 2.05) is 32.0 Å². The van der Waals surface area contributed by atoms with Gasteiger partial charge in [0.25, 0.3) is 0 Å². The number of hydrogen-bond acceptors (Lipinski definition) is 5. The molecule has 0 saturated heterocycles. The van der Waals surface area contributed by atoms with Gasteiger partial charge in [0.1, 0.15) is 11.9 Å². The van der Waals surface area contributed by atoms with Crippen LogP contribution in [-0.4, -0.2) is 22.5 Å². The van der Waals surface area contributed by atoms with Crippen molar-refractivity contribution in [3.8, 4) is 5.75 Å². The average Bonchev–Trinajstić information content (AvgIpc) is 2.70. The Balaban J connectivity index is 1.88. The second-order valence-electron chi connectivity index (χ2n) is 6.65. The van der Waals surface area contributed by atoms with Crippen molar-refractivity contribution < 1.29 is 24.1 Å². The Morgan fingerprint density at radius 3 is 2.73 bits per heavy atom. The highest BCUT2D eigenvalue weighted by molar-refractivity contribution is 5.91. The normalized spacial score (nSPS) is 34.7. The highest BCUT2D eigenvalue weighted by Crippen LogP contribution is 2.55. The summed E-state index contributed by atoms with van der Waals surface area (Å²) in [6.45, 7) is 5.40. The molecular weight excluding hydrogens is 284 g/mol. The second-order valence-corrected chi connectivity index (χ2v) is 6.65. The molecule has 1 aliphatic carbocycles.